The Morgan fingerprint density at radius 3 is 2.59 bits per heavy atom. The lowest BCUT2D eigenvalue weighted by atomic mass is 10.1. The Hall–Kier alpha value is -1.76. The van der Waals surface area contributed by atoms with E-state index in [0.29, 0.717) is 10.0 Å². The molecule has 0 spiro atoms. The Balaban J connectivity index is 2.39. The minimum Gasteiger partial charge on any atom is -0.378 e. The van der Waals surface area contributed by atoms with Gasteiger partial charge in [0, 0.05) is 16.1 Å². The number of nitro groups is 1. The van der Waals surface area contributed by atoms with Gasteiger partial charge in [0.1, 0.15) is 10.8 Å². The topological polar surface area (TPSA) is 94.1 Å². The summed E-state index contributed by atoms with van der Waals surface area (Å²) in [7, 11) is 0. The number of nitrogens with one attached hydrogen (secondary N) is 1. The van der Waals surface area contributed by atoms with Crippen LogP contribution in [-0.4, -0.2) is 9.91 Å². The van der Waals surface area contributed by atoms with Crippen LogP contribution in [0.1, 0.15) is 18.5 Å². The highest BCUT2D eigenvalue weighted by Gasteiger charge is 2.23. The molecule has 1 aromatic carbocycles. The predicted molar refractivity (Wildman–Crippen MR) is 88.8 cm³/mol. The second-order valence-electron chi connectivity index (χ2n) is 4.52. The van der Waals surface area contributed by atoms with Crippen molar-refractivity contribution in [1.82, 2.24) is 4.98 Å². The van der Waals surface area contributed by atoms with E-state index in [2.05, 4.69) is 10.3 Å². The van der Waals surface area contributed by atoms with Crippen molar-refractivity contribution in [1.29, 1.82) is 0 Å². The fourth-order valence-electron chi connectivity index (χ4n) is 1.99. The fraction of sp³-hybridized carbons (Fsp3) is 0.154. The van der Waals surface area contributed by atoms with Gasteiger partial charge in [0.05, 0.1) is 11.0 Å². The van der Waals surface area contributed by atoms with E-state index in [1.54, 1.807) is 25.1 Å². The van der Waals surface area contributed by atoms with Gasteiger partial charge in [-0.3, -0.25) is 10.1 Å². The van der Waals surface area contributed by atoms with Gasteiger partial charge in [-0.15, -0.1) is 0 Å². The first-order valence-electron chi connectivity index (χ1n) is 6.11. The molecule has 9 heteroatoms. The van der Waals surface area contributed by atoms with Crippen LogP contribution in [0.25, 0.3) is 0 Å². The standard InChI is InChI=1S/C13H11Cl3N4O2/c1-6(8-3-2-7(14)4-9(8)15)18-10-5-11(16)19-13(17)12(10)20(21)22/h2-6H,1H3,(H3,17,18,19)/t6-/m1/s1. The van der Waals surface area contributed by atoms with Crippen LogP contribution in [0.4, 0.5) is 17.2 Å². The summed E-state index contributed by atoms with van der Waals surface area (Å²) in [6.07, 6.45) is 0. The maximum Gasteiger partial charge on any atom is 0.334 e. The van der Waals surface area contributed by atoms with Crippen LogP contribution in [-0.2, 0) is 0 Å². The zero-order valence-corrected chi connectivity index (χ0v) is 13.6. The van der Waals surface area contributed by atoms with Gasteiger partial charge in [0.2, 0.25) is 5.82 Å². The smallest absolute Gasteiger partial charge is 0.334 e. The predicted octanol–water partition coefficient (Wildman–Crippen LogP) is 4.71. The molecule has 2 rings (SSSR count). The number of aromatic nitrogens is 1. The van der Waals surface area contributed by atoms with Crippen molar-refractivity contribution >= 4 is 52.0 Å². The second-order valence-corrected chi connectivity index (χ2v) is 5.75. The van der Waals surface area contributed by atoms with E-state index >= 15 is 0 Å². The number of anilines is 2. The Bertz CT molecular complexity index is 739. The summed E-state index contributed by atoms with van der Waals surface area (Å²) in [5.41, 5.74) is 6.13. The molecule has 0 fully saturated rings. The minimum absolute atomic E-state index is 0.0556. The van der Waals surface area contributed by atoms with E-state index in [1.807, 2.05) is 0 Å². The van der Waals surface area contributed by atoms with Crippen molar-refractivity contribution in [2.75, 3.05) is 11.1 Å². The fourth-order valence-corrected chi connectivity index (χ4v) is 2.76. The number of nitrogen functional groups attached to an aromatic ring is 1. The molecule has 1 aromatic heterocycles. The van der Waals surface area contributed by atoms with E-state index in [9.17, 15) is 10.1 Å². The Labute approximate surface area is 141 Å². The highest BCUT2D eigenvalue weighted by Crippen LogP contribution is 2.35. The third-order valence-corrected chi connectivity index (χ3v) is 3.73. The largest absolute Gasteiger partial charge is 0.378 e. The van der Waals surface area contributed by atoms with Gasteiger partial charge in [0.25, 0.3) is 0 Å². The summed E-state index contributed by atoms with van der Waals surface area (Å²) in [6, 6.07) is 6.03. The van der Waals surface area contributed by atoms with Gasteiger partial charge in [0.15, 0.2) is 0 Å². The van der Waals surface area contributed by atoms with Crippen LogP contribution < -0.4 is 11.1 Å². The molecule has 1 atom stereocenters. The quantitative estimate of drug-likeness (QED) is 0.467. The molecule has 116 valence electrons. The number of hydrogen-bond acceptors (Lipinski definition) is 5. The van der Waals surface area contributed by atoms with Crippen molar-refractivity contribution in [2.24, 2.45) is 0 Å². The summed E-state index contributed by atoms with van der Waals surface area (Å²) in [5, 5.41) is 15.1. The average molecular weight is 362 g/mol. The molecule has 0 saturated heterocycles. The van der Waals surface area contributed by atoms with Gasteiger partial charge < -0.3 is 11.1 Å². The molecule has 0 amide bonds. The van der Waals surface area contributed by atoms with Crippen molar-refractivity contribution in [2.45, 2.75) is 13.0 Å². The van der Waals surface area contributed by atoms with E-state index in [0.717, 1.165) is 5.56 Å². The number of halogens is 3. The summed E-state index contributed by atoms with van der Waals surface area (Å²) in [6.45, 7) is 1.80. The first-order chi connectivity index (χ1) is 10.3. The monoisotopic (exact) mass is 360 g/mol. The van der Waals surface area contributed by atoms with E-state index < -0.39 is 4.92 Å². The lowest BCUT2D eigenvalue weighted by molar-refractivity contribution is -0.383. The number of pyridine rings is 1. The molecule has 0 aliphatic heterocycles. The van der Waals surface area contributed by atoms with Crippen LogP contribution in [0.3, 0.4) is 0 Å². The summed E-state index contributed by atoms with van der Waals surface area (Å²) < 4.78 is 0. The minimum atomic E-state index is -0.614. The lowest BCUT2D eigenvalue weighted by Gasteiger charge is -2.17. The van der Waals surface area contributed by atoms with Crippen LogP contribution in [0.2, 0.25) is 15.2 Å². The molecule has 22 heavy (non-hydrogen) atoms. The van der Waals surface area contributed by atoms with Gasteiger partial charge in [-0.25, -0.2) is 4.98 Å². The van der Waals surface area contributed by atoms with Crippen LogP contribution >= 0.6 is 34.8 Å². The summed E-state index contributed by atoms with van der Waals surface area (Å²) >= 11 is 17.8. The molecule has 0 aliphatic rings. The molecule has 0 saturated carbocycles. The molecule has 0 unspecified atom stereocenters. The summed E-state index contributed by atoms with van der Waals surface area (Å²) in [5.74, 6) is -0.255. The van der Waals surface area contributed by atoms with Crippen LogP contribution in [0.15, 0.2) is 24.3 Å². The van der Waals surface area contributed by atoms with E-state index in [4.69, 9.17) is 40.5 Å². The molecular formula is C13H11Cl3N4O2. The number of hydrogen-bond donors (Lipinski definition) is 2. The number of nitrogens with two attached hydrogens (primary N) is 1. The van der Waals surface area contributed by atoms with Gasteiger partial charge in [-0.1, -0.05) is 40.9 Å². The molecule has 3 N–H and O–H groups in total. The molecule has 2 aromatic rings. The third kappa shape index (κ3) is 3.52. The van der Waals surface area contributed by atoms with Crippen LogP contribution in [0.5, 0.6) is 0 Å². The molecule has 0 aliphatic carbocycles. The normalized spacial score (nSPS) is 12.0. The zero-order valence-electron chi connectivity index (χ0n) is 11.3. The maximum absolute atomic E-state index is 11.1. The first kappa shape index (κ1) is 16.6. The second kappa shape index (κ2) is 6.56. The average Bonchev–Trinajstić information content (AvgIpc) is 2.36. The zero-order chi connectivity index (χ0) is 16.4. The number of nitrogens with zero attached hydrogens (tertiary/aromatic N) is 2. The molecule has 0 radical (unpaired) electrons. The number of rotatable bonds is 4. The Kier molecular flexibility index (Phi) is 4.95. The van der Waals surface area contributed by atoms with E-state index in [-0.39, 0.29) is 28.4 Å². The summed E-state index contributed by atoms with van der Waals surface area (Å²) in [4.78, 5) is 14.2. The molecular weight excluding hydrogens is 351 g/mol. The lowest BCUT2D eigenvalue weighted by Crippen LogP contribution is -2.11. The van der Waals surface area contributed by atoms with Gasteiger partial charge >= 0.3 is 5.69 Å². The highest BCUT2D eigenvalue weighted by molar-refractivity contribution is 6.35. The van der Waals surface area contributed by atoms with Crippen molar-refractivity contribution in [3.05, 3.63) is 55.1 Å². The molecule has 0 bridgehead atoms. The highest BCUT2D eigenvalue weighted by atomic mass is 35.5. The third-order valence-electron chi connectivity index (χ3n) is 2.97. The van der Waals surface area contributed by atoms with Crippen molar-refractivity contribution < 1.29 is 4.92 Å². The maximum atomic E-state index is 11.1. The SMILES string of the molecule is C[C@@H](Nc1cc(Cl)nc(N)c1[N+](=O)[O-])c1ccc(Cl)cc1Cl. The van der Waals surface area contributed by atoms with Gasteiger partial charge in [-0.2, -0.15) is 0 Å². The Morgan fingerprint density at radius 1 is 1.32 bits per heavy atom. The van der Waals surface area contributed by atoms with Crippen molar-refractivity contribution in [3.63, 3.8) is 0 Å². The molecule has 1 heterocycles. The Morgan fingerprint density at radius 2 is 2.00 bits per heavy atom. The number of benzene rings is 1. The van der Waals surface area contributed by atoms with Crippen molar-refractivity contribution in [3.8, 4) is 0 Å². The first-order valence-corrected chi connectivity index (χ1v) is 7.25. The van der Waals surface area contributed by atoms with Gasteiger partial charge in [-0.05, 0) is 24.6 Å². The van der Waals surface area contributed by atoms with Crippen LogP contribution in [0, 0.1) is 10.1 Å². The molecule has 6 nitrogen and oxygen atoms in total. The van der Waals surface area contributed by atoms with E-state index in [1.165, 1.54) is 6.07 Å².